The number of fused-ring (bicyclic) bond motifs is 1. The van der Waals surface area contributed by atoms with Gasteiger partial charge in [0.2, 0.25) is 5.89 Å². The predicted molar refractivity (Wildman–Crippen MR) is 79.9 cm³/mol. The minimum atomic E-state index is 0.578. The molecule has 0 aliphatic rings. The molecule has 0 aliphatic heterocycles. The van der Waals surface area contributed by atoms with E-state index in [4.69, 9.17) is 9.78 Å². The molecule has 1 N–H and O–H groups in total. The molecule has 0 unspecified atom stereocenters. The van der Waals surface area contributed by atoms with Crippen molar-refractivity contribution < 1.29 is 4.52 Å². The second kappa shape index (κ2) is 5.63. The van der Waals surface area contributed by atoms with Crippen molar-refractivity contribution in [3.05, 3.63) is 53.7 Å². The third-order valence-electron chi connectivity index (χ3n) is 3.28. The Hall–Kier alpha value is -2.87. The van der Waals surface area contributed by atoms with Crippen LogP contribution in [-0.2, 0) is 6.42 Å². The van der Waals surface area contributed by atoms with E-state index < -0.39 is 0 Å². The van der Waals surface area contributed by atoms with Crippen LogP contribution in [0.15, 0.2) is 40.9 Å². The zero-order valence-corrected chi connectivity index (χ0v) is 11.6. The van der Waals surface area contributed by atoms with Gasteiger partial charge in [-0.1, -0.05) is 29.4 Å². The van der Waals surface area contributed by atoms with Crippen molar-refractivity contribution in [2.75, 3.05) is 11.9 Å². The van der Waals surface area contributed by atoms with Crippen LogP contribution in [0, 0.1) is 18.3 Å². The molecule has 0 saturated carbocycles. The summed E-state index contributed by atoms with van der Waals surface area (Å²) in [4.78, 5) is 4.17. The first-order valence-electron chi connectivity index (χ1n) is 6.73. The Kier molecular flexibility index (Phi) is 3.52. The molecule has 2 aromatic carbocycles. The first-order valence-corrected chi connectivity index (χ1v) is 6.73. The van der Waals surface area contributed by atoms with E-state index in [-0.39, 0.29) is 0 Å². The molecule has 1 heterocycles. The maximum Gasteiger partial charge on any atom is 0.223 e. The van der Waals surface area contributed by atoms with E-state index in [1.807, 2.05) is 36.4 Å². The first kappa shape index (κ1) is 13.1. The van der Waals surface area contributed by atoms with E-state index in [9.17, 15) is 0 Å². The highest BCUT2D eigenvalue weighted by atomic mass is 16.5. The Morgan fingerprint density at radius 1 is 1.19 bits per heavy atom. The van der Waals surface area contributed by atoms with Gasteiger partial charge in [-0.25, -0.2) is 0 Å². The molecule has 3 rings (SSSR count). The molecule has 0 spiro atoms. The number of anilines is 1. The van der Waals surface area contributed by atoms with Crippen molar-refractivity contribution >= 4 is 16.5 Å². The zero-order chi connectivity index (χ0) is 14.7. The van der Waals surface area contributed by atoms with Crippen LogP contribution in [0.25, 0.3) is 10.8 Å². The van der Waals surface area contributed by atoms with Gasteiger partial charge in [0.15, 0.2) is 5.82 Å². The summed E-state index contributed by atoms with van der Waals surface area (Å²) >= 11 is 0. The van der Waals surface area contributed by atoms with Crippen LogP contribution in [0.2, 0.25) is 0 Å². The number of nitrogens with one attached hydrogen (secondary N) is 1. The number of nitrogens with zero attached hydrogens (tertiary/aromatic N) is 3. The van der Waals surface area contributed by atoms with Crippen LogP contribution in [0.4, 0.5) is 5.69 Å². The molecule has 0 amide bonds. The molecule has 0 saturated heterocycles. The summed E-state index contributed by atoms with van der Waals surface area (Å²) in [5.41, 5.74) is 1.69. The highest BCUT2D eigenvalue weighted by Gasteiger charge is 2.06. The van der Waals surface area contributed by atoms with Gasteiger partial charge in [0, 0.05) is 36.3 Å². The summed E-state index contributed by atoms with van der Waals surface area (Å²) in [7, 11) is 0. The van der Waals surface area contributed by atoms with Crippen LogP contribution in [-0.4, -0.2) is 16.7 Å². The fourth-order valence-corrected chi connectivity index (χ4v) is 2.30. The smallest absolute Gasteiger partial charge is 0.223 e. The Bertz CT molecular complexity index is 817. The number of hydrogen-bond donors (Lipinski definition) is 1. The number of aromatic nitrogens is 2. The fraction of sp³-hybridized carbons (Fsp3) is 0.188. The van der Waals surface area contributed by atoms with Crippen LogP contribution in [0.3, 0.4) is 0 Å². The Labute approximate surface area is 122 Å². The van der Waals surface area contributed by atoms with Gasteiger partial charge < -0.3 is 9.84 Å². The quantitative estimate of drug-likeness (QED) is 0.793. The monoisotopic (exact) mass is 278 g/mol. The van der Waals surface area contributed by atoms with Gasteiger partial charge in [-0.15, -0.1) is 0 Å². The third kappa shape index (κ3) is 2.70. The molecule has 21 heavy (non-hydrogen) atoms. The molecular formula is C16H14N4O. The van der Waals surface area contributed by atoms with E-state index in [2.05, 4.69) is 21.5 Å². The van der Waals surface area contributed by atoms with E-state index in [0.29, 0.717) is 30.2 Å². The normalized spacial score (nSPS) is 10.5. The lowest BCUT2D eigenvalue weighted by Gasteiger charge is -2.09. The molecular weight excluding hydrogens is 264 g/mol. The molecule has 104 valence electrons. The summed E-state index contributed by atoms with van der Waals surface area (Å²) < 4.78 is 4.94. The lowest BCUT2D eigenvalue weighted by atomic mass is 10.0. The van der Waals surface area contributed by atoms with E-state index in [1.54, 1.807) is 6.92 Å². The summed E-state index contributed by atoms with van der Waals surface area (Å²) in [6.07, 6.45) is 0.686. The average Bonchev–Trinajstić information content (AvgIpc) is 2.93. The average molecular weight is 278 g/mol. The molecule has 0 aliphatic carbocycles. The molecule has 5 nitrogen and oxygen atoms in total. The molecule has 0 atom stereocenters. The predicted octanol–water partition coefficient (Wildman–Crippen LogP) is 3.06. The number of nitriles is 1. The van der Waals surface area contributed by atoms with Gasteiger partial charge in [-0.2, -0.15) is 10.2 Å². The molecule has 1 aromatic heterocycles. The zero-order valence-electron chi connectivity index (χ0n) is 11.6. The van der Waals surface area contributed by atoms with Crippen LogP contribution in [0.1, 0.15) is 17.3 Å². The summed E-state index contributed by atoms with van der Waals surface area (Å²) in [5.74, 6) is 1.27. The summed E-state index contributed by atoms with van der Waals surface area (Å²) in [6.45, 7) is 2.48. The fourth-order valence-electron chi connectivity index (χ4n) is 2.30. The first-order chi connectivity index (χ1) is 10.3. The van der Waals surface area contributed by atoms with Crippen molar-refractivity contribution in [2.24, 2.45) is 0 Å². The van der Waals surface area contributed by atoms with Crippen LogP contribution < -0.4 is 5.32 Å². The minimum absolute atomic E-state index is 0.578. The summed E-state index contributed by atoms with van der Waals surface area (Å²) in [5, 5.41) is 18.4. The Morgan fingerprint density at radius 2 is 2.00 bits per heavy atom. The van der Waals surface area contributed by atoms with Crippen LogP contribution >= 0.6 is 0 Å². The van der Waals surface area contributed by atoms with Gasteiger partial charge in [-0.3, -0.25) is 0 Å². The van der Waals surface area contributed by atoms with Gasteiger partial charge in [0.1, 0.15) is 0 Å². The van der Waals surface area contributed by atoms with Crippen LogP contribution in [0.5, 0.6) is 0 Å². The Balaban J connectivity index is 1.80. The van der Waals surface area contributed by atoms with Gasteiger partial charge in [0.05, 0.1) is 11.6 Å². The molecule has 0 radical (unpaired) electrons. The number of benzene rings is 2. The number of rotatable bonds is 4. The standard InChI is InChI=1S/C16H14N4O/c1-11-19-16(20-21-11)8-9-18-15-7-6-12(10-17)13-4-2-3-5-14(13)15/h2-7,18H,8-9H2,1H3. The molecule has 0 fully saturated rings. The van der Waals surface area contributed by atoms with E-state index in [0.717, 1.165) is 16.5 Å². The third-order valence-corrected chi connectivity index (χ3v) is 3.28. The van der Waals surface area contributed by atoms with Crippen molar-refractivity contribution in [1.29, 1.82) is 5.26 Å². The molecule has 3 aromatic rings. The lowest BCUT2D eigenvalue weighted by molar-refractivity contribution is 0.387. The van der Waals surface area contributed by atoms with Gasteiger partial charge in [0.25, 0.3) is 0 Å². The number of aryl methyl sites for hydroxylation is 1. The minimum Gasteiger partial charge on any atom is -0.384 e. The van der Waals surface area contributed by atoms with Crippen molar-refractivity contribution in [2.45, 2.75) is 13.3 Å². The molecule has 0 bridgehead atoms. The second-order valence-electron chi connectivity index (χ2n) is 4.72. The van der Waals surface area contributed by atoms with Gasteiger partial charge >= 0.3 is 0 Å². The van der Waals surface area contributed by atoms with Gasteiger partial charge in [-0.05, 0) is 12.1 Å². The highest BCUT2D eigenvalue weighted by molar-refractivity contribution is 5.97. The maximum atomic E-state index is 9.16. The van der Waals surface area contributed by atoms with Crippen molar-refractivity contribution in [1.82, 2.24) is 10.1 Å². The summed E-state index contributed by atoms with van der Waals surface area (Å²) in [6, 6.07) is 13.9. The maximum absolute atomic E-state index is 9.16. The van der Waals surface area contributed by atoms with Crippen molar-refractivity contribution in [3.8, 4) is 6.07 Å². The largest absolute Gasteiger partial charge is 0.384 e. The second-order valence-corrected chi connectivity index (χ2v) is 4.72. The molecule has 5 heteroatoms. The van der Waals surface area contributed by atoms with Crippen molar-refractivity contribution in [3.63, 3.8) is 0 Å². The Morgan fingerprint density at radius 3 is 2.71 bits per heavy atom. The number of hydrogen-bond acceptors (Lipinski definition) is 5. The SMILES string of the molecule is Cc1nc(CCNc2ccc(C#N)c3ccccc23)no1. The van der Waals surface area contributed by atoms with E-state index >= 15 is 0 Å². The lowest BCUT2D eigenvalue weighted by Crippen LogP contribution is -2.06. The highest BCUT2D eigenvalue weighted by Crippen LogP contribution is 2.26. The topological polar surface area (TPSA) is 74.7 Å². The van der Waals surface area contributed by atoms with E-state index in [1.165, 1.54) is 0 Å².